The molecule has 1 aliphatic heterocycles. The van der Waals surface area contributed by atoms with Crippen molar-refractivity contribution in [3.8, 4) is 0 Å². The molecule has 0 bridgehead atoms. The van der Waals surface area contributed by atoms with Crippen molar-refractivity contribution in [1.82, 2.24) is 4.90 Å². The highest BCUT2D eigenvalue weighted by Crippen LogP contribution is 2.35. The summed E-state index contributed by atoms with van der Waals surface area (Å²) in [5.41, 5.74) is 2.25. The first kappa shape index (κ1) is 17.3. The second kappa shape index (κ2) is 6.56. The summed E-state index contributed by atoms with van der Waals surface area (Å²) >= 11 is 3.52. The van der Waals surface area contributed by atoms with Gasteiger partial charge in [-0.2, -0.15) is 0 Å². The van der Waals surface area contributed by atoms with Gasteiger partial charge in [-0.15, -0.1) is 0 Å². The van der Waals surface area contributed by atoms with Crippen molar-refractivity contribution in [3.63, 3.8) is 0 Å². The first-order valence-electron chi connectivity index (χ1n) is 8.76. The Balaban J connectivity index is 1.50. The molecule has 134 valence electrons. The van der Waals surface area contributed by atoms with Crippen molar-refractivity contribution in [3.05, 3.63) is 64.3 Å². The van der Waals surface area contributed by atoms with Crippen LogP contribution in [0, 0.1) is 6.92 Å². The van der Waals surface area contributed by atoms with Crippen molar-refractivity contribution < 1.29 is 9.21 Å². The smallest absolute Gasteiger partial charge is 0.244 e. The Morgan fingerprint density at radius 2 is 2.08 bits per heavy atom. The van der Waals surface area contributed by atoms with Gasteiger partial charge in [-0.3, -0.25) is 9.69 Å². The number of nitrogens with zero attached hydrogens (tertiary/aromatic N) is 1. The van der Waals surface area contributed by atoms with E-state index in [1.165, 1.54) is 0 Å². The van der Waals surface area contributed by atoms with E-state index in [2.05, 4.69) is 32.2 Å². The molecule has 1 saturated heterocycles. The molecule has 1 aromatic heterocycles. The van der Waals surface area contributed by atoms with Crippen LogP contribution in [0.4, 0.5) is 5.69 Å². The number of hydrogen-bond acceptors (Lipinski definition) is 3. The Morgan fingerprint density at radius 3 is 2.81 bits per heavy atom. The first-order chi connectivity index (χ1) is 12.5. The molecule has 1 atom stereocenters. The molecule has 0 aliphatic carbocycles. The number of anilines is 1. The van der Waals surface area contributed by atoms with Crippen molar-refractivity contribution >= 4 is 38.5 Å². The number of hydrogen-bond donors (Lipinski definition) is 1. The average molecular weight is 413 g/mol. The third kappa shape index (κ3) is 2.95. The second-order valence-corrected chi connectivity index (χ2v) is 7.92. The SMILES string of the molecule is Cc1c(Br)cccc1NC(=O)C1(C)CCN1Cc1cc2ccccc2o1. The van der Waals surface area contributed by atoms with Crippen molar-refractivity contribution in [1.29, 1.82) is 0 Å². The van der Waals surface area contributed by atoms with Gasteiger partial charge in [0.1, 0.15) is 11.3 Å². The molecule has 1 amide bonds. The number of rotatable bonds is 4. The number of nitrogens with one attached hydrogen (secondary N) is 1. The molecule has 0 radical (unpaired) electrons. The third-order valence-corrected chi connectivity index (χ3v) is 6.25. The van der Waals surface area contributed by atoms with Gasteiger partial charge in [0.15, 0.2) is 0 Å². The van der Waals surface area contributed by atoms with Crippen LogP contribution in [-0.2, 0) is 11.3 Å². The third-order valence-electron chi connectivity index (χ3n) is 5.39. The largest absolute Gasteiger partial charge is 0.460 e. The van der Waals surface area contributed by atoms with Crippen LogP contribution < -0.4 is 5.32 Å². The summed E-state index contributed by atoms with van der Waals surface area (Å²) < 4.78 is 6.91. The minimum Gasteiger partial charge on any atom is -0.460 e. The number of carbonyl (C=O) groups excluding carboxylic acids is 1. The molecule has 2 heterocycles. The van der Waals surface area contributed by atoms with Gasteiger partial charge in [0, 0.05) is 22.1 Å². The van der Waals surface area contributed by atoms with Crippen LogP contribution in [0.2, 0.25) is 0 Å². The fraction of sp³-hybridized carbons (Fsp3) is 0.286. The lowest BCUT2D eigenvalue weighted by Crippen LogP contribution is -2.63. The normalized spacial score (nSPS) is 20.1. The topological polar surface area (TPSA) is 45.5 Å². The highest BCUT2D eigenvalue weighted by atomic mass is 79.9. The summed E-state index contributed by atoms with van der Waals surface area (Å²) in [4.78, 5) is 15.1. The van der Waals surface area contributed by atoms with E-state index in [1.54, 1.807) is 0 Å². The van der Waals surface area contributed by atoms with Crippen molar-refractivity contribution in [2.75, 3.05) is 11.9 Å². The van der Waals surface area contributed by atoms with Gasteiger partial charge in [-0.25, -0.2) is 0 Å². The maximum Gasteiger partial charge on any atom is 0.244 e. The molecular weight excluding hydrogens is 392 g/mol. The number of furan rings is 1. The predicted molar refractivity (Wildman–Crippen MR) is 107 cm³/mol. The number of para-hydroxylation sites is 1. The van der Waals surface area contributed by atoms with E-state index in [-0.39, 0.29) is 5.91 Å². The lowest BCUT2D eigenvalue weighted by molar-refractivity contribution is -0.136. The molecule has 0 saturated carbocycles. The molecule has 4 nitrogen and oxygen atoms in total. The highest BCUT2D eigenvalue weighted by Gasteiger charge is 2.47. The summed E-state index contributed by atoms with van der Waals surface area (Å²) in [6, 6.07) is 15.9. The van der Waals surface area contributed by atoms with Crippen LogP contribution in [0.25, 0.3) is 11.0 Å². The fourth-order valence-electron chi connectivity index (χ4n) is 3.42. The van der Waals surface area contributed by atoms with E-state index in [4.69, 9.17) is 4.42 Å². The Kier molecular flexibility index (Phi) is 4.37. The molecule has 1 fully saturated rings. The van der Waals surface area contributed by atoms with Gasteiger partial charge >= 0.3 is 0 Å². The van der Waals surface area contributed by atoms with Gasteiger partial charge in [0.25, 0.3) is 0 Å². The average Bonchev–Trinajstić information content (AvgIpc) is 3.04. The number of benzene rings is 2. The van der Waals surface area contributed by atoms with Gasteiger partial charge < -0.3 is 9.73 Å². The molecular formula is C21H21BrN2O2. The van der Waals surface area contributed by atoms with Crippen LogP contribution in [0.15, 0.2) is 57.4 Å². The van der Waals surface area contributed by atoms with Crippen LogP contribution in [0.1, 0.15) is 24.7 Å². The predicted octanol–water partition coefficient (Wildman–Crippen LogP) is 5.11. The molecule has 1 unspecified atom stereocenters. The van der Waals surface area contributed by atoms with E-state index in [0.29, 0.717) is 6.54 Å². The summed E-state index contributed by atoms with van der Waals surface area (Å²) in [6.07, 6.45) is 0.839. The zero-order valence-electron chi connectivity index (χ0n) is 14.9. The van der Waals surface area contributed by atoms with E-state index in [0.717, 1.165) is 45.4 Å². The molecule has 26 heavy (non-hydrogen) atoms. The van der Waals surface area contributed by atoms with Crippen LogP contribution in [0.3, 0.4) is 0 Å². The highest BCUT2D eigenvalue weighted by molar-refractivity contribution is 9.10. The maximum absolute atomic E-state index is 13.0. The minimum absolute atomic E-state index is 0.0288. The summed E-state index contributed by atoms with van der Waals surface area (Å²) in [7, 11) is 0. The van der Waals surface area contributed by atoms with Gasteiger partial charge in [0.05, 0.1) is 12.1 Å². The fourth-order valence-corrected chi connectivity index (χ4v) is 3.78. The molecule has 5 heteroatoms. The monoisotopic (exact) mass is 412 g/mol. The Bertz CT molecular complexity index is 948. The van der Waals surface area contributed by atoms with Gasteiger partial charge in [-0.05, 0) is 50.1 Å². The second-order valence-electron chi connectivity index (χ2n) is 7.06. The lowest BCUT2D eigenvalue weighted by atomic mass is 9.85. The zero-order valence-corrected chi connectivity index (χ0v) is 16.5. The number of amides is 1. The van der Waals surface area contributed by atoms with Crippen LogP contribution >= 0.6 is 15.9 Å². The van der Waals surface area contributed by atoms with E-state index < -0.39 is 5.54 Å². The zero-order chi connectivity index (χ0) is 18.3. The number of carbonyl (C=O) groups is 1. The first-order valence-corrected chi connectivity index (χ1v) is 9.56. The molecule has 2 aromatic carbocycles. The Labute approximate surface area is 161 Å². The number of likely N-dealkylation sites (tertiary alicyclic amines) is 1. The van der Waals surface area contributed by atoms with E-state index in [9.17, 15) is 4.79 Å². The molecule has 3 aromatic rings. The quantitative estimate of drug-likeness (QED) is 0.647. The van der Waals surface area contributed by atoms with Crippen LogP contribution in [-0.4, -0.2) is 22.9 Å². The molecule has 1 N–H and O–H groups in total. The van der Waals surface area contributed by atoms with Crippen molar-refractivity contribution in [2.45, 2.75) is 32.4 Å². The molecule has 0 spiro atoms. The van der Waals surface area contributed by atoms with Gasteiger partial charge in [0.2, 0.25) is 5.91 Å². The summed E-state index contributed by atoms with van der Waals surface area (Å²) in [5.74, 6) is 0.921. The Morgan fingerprint density at radius 1 is 1.27 bits per heavy atom. The van der Waals surface area contributed by atoms with Gasteiger partial charge in [-0.1, -0.05) is 40.2 Å². The van der Waals surface area contributed by atoms with E-state index >= 15 is 0 Å². The molecule has 4 rings (SSSR count). The van der Waals surface area contributed by atoms with E-state index in [1.807, 2.05) is 56.3 Å². The minimum atomic E-state index is -0.520. The standard InChI is InChI=1S/C21H21BrN2O2/c1-14-17(22)7-5-8-18(14)23-20(25)21(2)10-11-24(21)13-16-12-15-6-3-4-9-19(15)26-16/h3-9,12H,10-11,13H2,1-2H3,(H,23,25). The number of fused-ring (bicyclic) bond motifs is 1. The summed E-state index contributed by atoms with van der Waals surface area (Å²) in [6.45, 7) is 5.52. The number of halogens is 1. The lowest BCUT2D eigenvalue weighted by Gasteiger charge is -2.48. The van der Waals surface area contributed by atoms with Crippen molar-refractivity contribution in [2.24, 2.45) is 0 Å². The molecule has 1 aliphatic rings. The summed E-state index contributed by atoms with van der Waals surface area (Å²) in [5, 5.41) is 4.19. The Hall–Kier alpha value is -2.11. The van der Waals surface area contributed by atoms with Crippen LogP contribution in [0.5, 0.6) is 0 Å². The maximum atomic E-state index is 13.0.